The van der Waals surface area contributed by atoms with Gasteiger partial charge in [-0.05, 0) is 0 Å². The third-order valence-corrected chi connectivity index (χ3v) is 4.70. The van der Waals surface area contributed by atoms with E-state index in [9.17, 15) is 19.2 Å². The summed E-state index contributed by atoms with van der Waals surface area (Å²) in [6, 6.07) is 0. The Hall–Kier alpha value is -1.35. The average Bonchev–Trinajstić information content (AvgIpc) is 2.63. The fourth-order valence-corrected chi connectivity index (χ4v) is 3.45. The smallest absolute Gasteiger partial charge is 0.317 e. The maximum Gasteiger partial charge on any atom is 0.317 e. The first kappa shape index (κ1) is 24.7. The minimum atomic E-state index is -1.09. The number of carbonyl (C=O) groups is 4. The molecule has 28 heavy (non-hydrogen) atoms. The van der Waals surface area contributed by atoms with Gasteiger partial charge in [-0.1, -0.05) is 0 Å². The Kier molecular flexibility index (Phi) is 11.4. The number of rotatable bonds is 11. The van der Waals surface area contributed by atoms with Crippen molar-refractivity contribution in [3.8, 4) is 0 Å². The van der Waals surface area contributed by atoms with E-state index < -0.39 is 17.9 Å². The summed E-state index contributed by atoms with van der Waals surface area (Å²) >= 11 is 1.73. The lowest BCUT2D eigenvalue weighted by atomic mass is 10.3. The minimum absolute atomic E-state index is 0.00210. The van der Waals surface area contributed by atoms with Crippen LogP contribution in [-0.2, 0) is 19.2 Å². The molecular weight excluding hydrogens is 487 g/mol. The van der Waals surface area contributed by atoms with E-state index in [0.717, 1.165) is 0 Å². The van der Waals surface area contributed by atoms with Gasteiger partial charge in [-0.25, -0.2) is 0 Å². The van der Waals surface area contributed by atoms with Gasteiger partial charge in [0.1, 0.15) is 0 Å². The van der Waals surface area contributed by atoms with Crippen LogP contribution in [0.25, 0.3) is 0 Å². The largest absolute Gasteiger partial charge is 0.480 e. The van der Waals surface area contributed by atoms with Gasteiger partial charge in [0.2, 0.25) is 3.79 Å². The summed E-state index contributed by atoms with van der Waals surface area (Å²) in [6.45, 7) is 3.64. The van der Waals surface area contributed by atoms with Gasteiger partial charge in [0.25, 0.3) is 0 Å². The van der Waals surface area contributed by atoms with Gasteiger partial charge in [0.05, 0.1) is 26.2 Å². The number of halogens is 1. The first-order valence-corrected chi connectivity index (χ1v) is 9.96. The number of carboxylic acid groups (broad SMARTS) is 3. The fourth-order valence-electron chi connectivity index (χ4n) is 2.97. The van der Waals surface area contributed by atoms with Crippen molar-refractivity contribution in [3.63, 3.8) is 0 Å². The summed E-state index contributed by atoms with van der Waals surface area (Å²) in [4.78, 5) is 51.6. The van der Waals surface area contributed by atoms with Gasteiger partial charge in [0.15, 0.2) is 0 Å². The van der Waals surface area contributed by atoms with Crippen LogP contribution < -0.4 is 0 Å². The summed E-state index contributed by atoms with van der Waals surface area (Å²) in [5.41, 5.74) is 0. The van der Waals surface area contributed by atoms with Crippen LogP contribution in [0.2, 0.25) is 0 Å². The molecule has 0 spiro atoms. The topological polar surface area (TPSA) is 142 Å². The second-order valence-electron chi connectivity index (χ2n) is 6.64. The van der Waals surface area contributed by atoms with Crippen LogP contribution in [0.4, 0.5) is 0 Å². The molecule has 1 rings (SSSR count). The lowest BCUT2D eigenvalue weighted by molar-refractivity contribution is -0.142. The number of carbonyl (C=O) groups excluding carboxylic acids is 1. The monoisotopic (exact) mass is 514 g/mol. The van der Waals surface area contributed by atoms with Gasteiger partial charge in [0, 0.05) is 74.9 Å². The zero-order valence-electron chi connectivity index (χ0n) is 15.6. The fraction of sp³-hybridized carbons (Fsp3) is 0.750. The van der Waals surface area contributed by atoms with Gasteiger partial charge in [-0.15, -0.1) is 0 Å². The Morgan fingerprint density at radius 2 is 1.14 bits per heavy atom. The quantitative estimate of drug-likeness (QED) is 0.217. The number of hydrogen-bond donors (Lipinski definition) is 3. The molecular formula is C16H27IN4O7. The molecule has 0 atom stereocenters. The minimum Gasteiger partial charge on any atom is -0.480 e. The Bertz CT molecular complexity index is 519. The van der Waals surface area contributed by atoms with Gasteiger partial charge in [-0.3, -0.25) is 38.8 Å². The predicted octanol–water partition coefficient (Wildman–Crippen LogP) is -1.58. The first-order chi connectivity index (χ1) is 13.2. The summed E-state index contributed by atoms with van der Waals surface area (Å²) in [5, 5.41) is 27.0. The third-order valence-electron chi connectivity index (χ3n) is 4.35. The van der Waals surface area contributed by atoms with Crippen LogP contribution in [0.1, 0.15) is 0 Å². The van der Waals surface area contributed by atoms with Crippen molar-refractivity contribution in [2.75, 3.05) is 78.5 Å². The molecule has 12 heteroatoms. The molecule has 0 bridgehead atoms. The Labute approximate surface area is 177 Å². The number of aliphatic carboxylic acids is 3. The predicted molar refractivity (Wildman–Crippen MR) is 108 cm³/mol. The summed E-state index contributed by atoms with van der Waals surface area (Å²) in [6.07, 6.45) is 0. The van der Waals surface area contributed by atoms with E-state index in [0.29, 0.717) is 45.8 Å². The molecule has 1 saturated heterocycles. The van der Waals surface area contributed by atoms with Crippen molar-refractivity contribution < 1.29 is 34.5 Å². The molecule has 1 heterocycles. The van der Waals surface area contributed by atoms with E-state index in [1.54, 1.807) is 27.5 Å². The van der Waals surface area contributed by atoms with E-state index >= 15 is 0 Å². The standard InChI is InChI=1S/C16H27IN4O7/c17-13(22)9-19-4-1-18(2-5-20(7-6-19)10-14(23)24)3-8-21(11-15(25)26)12-16(27)28/h1-12H2,(H,23,24)(H,25,26)(H,27,28). The second-order valence-corrected chi connectivity index (χ2v) is 7.84. The van der Waals surface area contributed by atoms with Gasteiger partial charge < -0.3 is 15.3 Å². The van der Waals surface area contributed by atoms with Crippen LogP contribution in [-0.4, -0.2) is 135 Å². The SMILES string of the molecule is O=C(O)CN1CCN(CCN(CC(=O)O)CC(=O)O)CCN(CC(=O)I)CC1. The van der Waals surface area contributed by atoms with Crippen molar-refractivity contribution in [3.05, 3.63) is 0 Å². The van der Waals surface area contributed by atoms with E-state index in [1.165, 1.54) is 4.90 Å². The van der Waals surface area contributed by atoms with E-state index in [-0.39, 0.29) is 36.5 Å². The highest BCUT2D eigenvalue weighted by atomic mass is 127. The summed E-state index contributed by atoms with van der Waals surface area (Å²) < 4.78 is 0.00210. The highest BCUT2D eigenvalue weighted by Crippen LogP contribution is 2.03. The van der Waals surface area contributed by atoms with E-state index in [4.69, 9.17) is 15.3 Å². The van der Waals surface area contributed by atoms with Crippen molar-refractivity contribution in [1.29, 1.82) is 0 Å². The molecule has 11 nitrogen and oxygen atoms in total. The van der Waals surface area contributed by atoms with Crippen LogP contribution >= 0.6 is 22.6 Å². The molecule has 0 aliphatic carbocycles. The van der Waals surface area contributed by atoms with Crippen LogP contribution in [0.3, 0.4) is 0 Å². The molecule has 0 aromatic rings. The molecule has 0 radical (unpaired) electrons. The number of hydrogen-bond acceptors (Lipinski definition) is 8. The Morgan fingerprint density at radius 3 is 1.54 bits per heavy atom. The first-order valence-electron chi connectivity index (χ1n) is 8.89. The average molecular weight is 514 g/mol. The van der Waals surface area contributed by atoms with E-state index in [1.807, 2.05) is 9.80 Å². The Balaban J connectivity index is 2.72. The molecule has 0 unspecified atom stereocenters. The van der Waals surface area contributed by atoms with Crippen molar-refractivity contribution in [1.82, 2.24) is 19.6 Å². The molecule has 160 valence electrons. The highest BCUT2D eigenvalue weighted by molar-refractivity contribution is 14.1. The van der Waals surface area contributed by atoms with Crippen LogP contribution in [0, 0.1) is 0 Å². The molecule has 1 aliphatic rings. The van der Waals surface area contributed by atoms with Crippen molar-refractivity contribution in [2.45, 2.75) is 0 Å². The molecule has 0 aromatic heterocycles. The molecule has 0 saturated carbocycles. The molecule has 3 N–H and O–H groups in total. The molecule has 1 aliphatic heterocycles. The lowest BCUT2D eigenvalue weighted by Crippen LogP contribution is -2.44. The number of nitrogens with zero attached hydrogens (tertiary/aromatic N) is 4. The second kappa shape index (κ2) is 13.0. The molecule has 0 amide bonds. The maximum atomic E-state index is 11.5. The summed E-state index contributed by atoms with van der Waals surface area (Å²) in [7, 11) is 0. The van der Waals surface area contributed by atoms with Gasteiger partial charge >= 0.3 is 17.9 Å². The molecule has 0 aromatic carbocycles. The maximum absolute atomic E-state index is 11.5. The third kappa shape index (κ3) is 11.5. The van der Waals surface area contributed by atoms with Gasteiger partial charge in [-0.2, -0.15) is 0 Å². The van der Waals surface area contributed by atoms with Crippen molar-refractivity contribution in [2.24, 2.45) is 0 Å². The zero-order valence-corrected chi connectivity index (χ0v) is 17.8. The highest BCUT2D eigenvalue weighted by Gasteiger charge is 2.20. The molecule has 1 fully saturated rings. The normalized spacial score (nSPS) is 17.6. The van der Waals surface area contributed by atoms with Crippen LogP contribution in [0.5, 0.6) is 0 Å². The lowest BCUT2D eigenvalue weighted by Gasteiger charge is -2.27. The Morgan fingerprint density at radius 1 is 0.714 bits per heavy atom. The summed E-state index contributed by atoms with van der Waals surface area (Å²) in [5.74, 6) is -3.11. The van der Waals surface area contributed by atoms with Crippen molar-refractivity contribution >= 4 is 44.3 Å². The van der Waals surface area contributed by atoms with Crippen LogP contribution in [0.15, 0.2) is 0 Å². The van der Waals surface area contributed by atoms with E-state index in [2.05, 4.69) is 0 Å². The number of carboxylic acids is 3. The zero-order chi connectivity index (χ0) is 21.1.